The van der Waals surface area contributed by atoms with Gasteiger partial charge in [0.05, 0.1) is 0 Å². The van der Waals surface area contributed by atoms with Crippen molar-refractivity contribution in [3.05, 3.63) is 70.5 Å². The van der Waals surface area contributed by atoms with Crippen molar-refractivity contribution in [2.45, 2.75) is 44.7 Å². The maximum atomic E-state index is 14.2. The Morgan fingerprint density at radius 1 is 1.13 bits per heavy atom. The van der Waals surface area contributed by atoms with E-state index >= 15 is 0 Å². The Morgan fingerprint density at radius 3 is 2.61 bits per heavy atom. The highest BCUT2D eigenvalue weighted by atomic mass is 35.5. The van der Waals surface area contributed by atoms with Gasteiger partial charge in [-0.25, -0.2) is 4.39 Å². The molecule has 0 saturated carbocycles. The largest absolute Gasteiger partial charge is 0.293 e. The molecular weight excluding hydrogens is 309 g/mol. The van der Waals surface area contributed by atoms with E-state index in [0.29, 0.717) is 6.04 Å². The lowest BCUT2D eigenvalue weighted by Gasteiger charge is -2.40. The van der Waals surface area contributed by atoms with Crippen molar-refractivity contribution in [3.8, 4) is 0 Å². The van der Waals surface area contributed by atoms with E-state index in [1.165, 1.54) is 24.8 Å². The minimum Gasteiger partial charge on any atom is -0.293 e. The van der Waals surface area contributed by atoms with Crippen LogP contribution in [0.25, 0.3) is 0 Å². The van der Waals surface area contributed by atoms with Gasteiger partial charge in [0.25, 0.3) is 0 Å². The van der Waals surface area contributed by atoms with Crippen molar-refractivity contribution in [1.29, 1.82) is 0 Å². The summed E-state index contributed by atoms with van der Waals surface area (Å²) in [6.07, 6.45) is 4.60. The van der Waals surface area contributed by atoms with Gasteiger partial charge in [-0.15, -0.1) is 0 Å². The highest BCUT2D eigenvalue weighted by Crippen LogP contribution is 2.31. The Hall–Kier alpha value is -1.38. The summed E-state index contributed by atoms with van der Waals surface area (Å²) in [6.45, 7) is 3.16. The summed E-state index contributed by atoms with van der Waals surface area (Å²) in [4.78, 5) is 2.47. The van der Waals surface area contributed by atoms with Crippen molar-refractivity contribution in [2.75, 3.05) is 6.54 Å². The van der Waals surface area contributed by atoms with Crippen LogP contribution in [0.1, 0.15) is 43.4 Å². The third-order valence-corrected chi connectivity index (χ3v) is 5.16. The molecule has 1 saturated heterocycles. The van der Waals surface area contributed by atoms with Crippen molar-refractivity contribution in [2.24, 2.45) is 0 Å². The lowest BCUT2D eigenvalue weighted by Crippen LogP contribution is -2.42. The molecule has 1 nitrogen and oxygen atoms in total. The zero-order chi connectivity index (χ0) is 16.2. The third kappa shape index (κ3) is 3.94. The van der Waals surface area contributed by atoms with Crippen molar-refractivity contribution in [1.82, 2.24) is 4.90 Å². The Labute approximate surface area is 143 Å². The molecule has 2 aromatic rings. The molecule has 23 heavy (non-hydrogen) atoms. The quantitative estimate of drug-likeness (QED) is 0.701. The topological polar surface area (TPSA) is 3.24 Å². The van der Waals surface area contributed by atoms with E-state index in [4.69, 9.17) is 11.6 Å². The smallest absolute Gasteiger partial charge is 0.127 e. The molecule has 1 aliphatic rings. The van der Waals surface area contributed by atoms with E-state index in [0.717, 1.165) is 23.6 Å². The fraction of sp³-hybridized carbons (Fsp3) is 0.400. The molecule has 0 amide bonds. The summed E-state index contributed by atoms with van der Waals surface area (Å²) >= 11 is 5.98. The maximum absolute atomic E-state index is 14.2. The van der Waals surface area contributed by atoms with E-state index in [2.05, 4.69) is 24.0 Å². The van der Waals surface area contributed by atoms with Gasteiger partial charge in [0.15, 0.2) is 0 Å². The Morgan fingerprint density at radius 2 is 1.87 bits per heavy atom. The number of hydrogen-bond donors (Lipinski definition) is 0. The van der Waals surface area contributed by atoms with Crippen LogP contribution in [0.3, 0.4) is 0 Å². The summed E-state index contributed by atoms with van der Waals surface area (Å²) in [5, 5.41) is 0.772. The van der Waals surface area contributed by atoms with Gasteiger partial charge in [0.2, 0.25) is 0 Å². The molecule has 1 fully saturated rings. The Kier molecular flexibility index (Phi) is 5.34. The molecule has 0 spiro atoms. The minimum atomic E-state index is -0.101. The molecule has 2 unspecified atom stereocenters. The first-order chi connectivity index (χ1) is 11.1. The SMILES string of the molecule is CC(c1ccccc1F)N1CCCCC1Cc1ccc(Cl)cc1. The fourth-order valence-corrected chi connectivity index (χ4v) is 3.76. The number of hydrogen-bond acceptors (Lipinski definition) is 1. The van der Waals surface area contributed by atoms with Crippen LogP contribution in [0.5, 0.6) is 0 Å². The van der Waals surface area contributed by atoms with Gasteiger partial charge >= 0.3 is 0 Å². The average molecular weight is 332 g/mol. The molecule has 1 heterocycles. The Bertz CT molecular complexity index is 640. The van der Waals surface area contributed by atoms with Gasteiger partial charge in [-0.1, -0.05) is 48.4 Å². The molecule has 3 heteroatoms. The van der Waals surface area contributed by atoms with E-state index < -0.39 is 0 Å². The molecular formula is C20H23ClFN. The summed E-state index contributed by atoms with van der Waals surface area (Å²) in [7, 11) is 0. The predicted octanol–water partition coefficient (Wildman–Crippen LogP) is 5.64. The number of benzene rings is 2. The molecule has 3 rings (SSSR count). The van der Waals surface area contributed by atoms with Gasteiger partial charge in [0.1, 0.15) is 5.82 Å². The van der Waals surface area contributed by atoms with Gasteiger partial charge in [0, 0.05) is 22.7 Å². The molecule has 0 bridgehead atoms. The molecule has 0 aromatic heterocycles. The molecule has 2 aromatic carbocycles. The van der Waals surface area contributed by atoms with Gasteiger partial charge < -0.3 is 0 Å². The van der Waals surface area contributed by atoms with Crippen molar-refractivity contribution >= 4 is 11.6 Å². The Balaban J connectivity index is 1.78. The van der Waals surface area contributed by atoms with Gasteiger partial charge in [-0.05, 0) is 56.5 Å². The van der Waals surface area contributed by atoms with Crippen LogP contribution >= 0.6 is 11.6 Å². The van der Waals surface area contributed by atoms with Crippen LogP contribution < -0.4 is 0 Å². The van der Waals surface area contributed by atoms with Crippen LogP contribution in [-0.4, -0.2) is 17.5 Å². The normalized spacial score (nSPS) is 20.4. The molecule has 1 aliphatic heterocycles. The molecule has 2 atom stereocenters. The first-order valence-electron chi connectivity index (χ1n) is 8.40. The summed E-state index contributed by atoms with van der Waals surface area (Å²) in [5.74, 6) is -0.101. The first-order valence-corrected chi connectivity index (χ1v) is 8.77. The summed E-state index contributed by atoms with van der Waals surface area (Å²) in [6, 6.07) is 15.8. The van der Waals surface area contributed by atoms with Crippen LogP contribution in [0.15, 0.2) is 48.5 Å². The minimum absolute atomic E-state index is 0.101. The molecule has 0 radical (unpaired) electrons. The molecule has 0 aliphatic carbocycles. The van der Waals surface area contributed by atoms with Crippen LogP contribution in [0.4, 0.5) is 4.39 Å². The lowest BCUT2D eigenvalue weighted by atomic mass is 9.92. The average Bonchev–Trinajstić information content (AvgIpc) is 2.57. The van der Waals surface area contributed by atoms with E-state index in [9.17, 15) is 4.39 Å². The maximum Gasteiger partial charge on any atom is 0.127 e. The van der Waals surface area contributed by atoms with Crippen LogP contribution in [0.2, 0.25) is 5.02 Å². The molecule has 0 N–H and O–H groups in total. The van der Waals surface area contributed by atoms with Gasteiger partial charge in [-0.3, -0.25) is 4.90 Å². The number of likely N-dealkylation sites (tertiary alicyclic amines) is 1. The number of rotatable bonds is 4. The fourth-order valence-electron chi connectivity index (χ4n) is 3.64. The highest BCUT2D eigenvalue weighted by Gasteiger charge is 2.28. The number of nitrogens with zero attached hydrogens (tertiary/aromatic N) is 1. The summed E-state index contributed by atoms with van der Waals surface area (Å²) in [5.41, 5.74) is 2.10. The predicted molar refractivity (Wildman–Crippen MR) is 94.3 cm³/mol. The first kappa shape index (κ1) is 16.5. The monoisotopic (exact) mass is 331 g/mol. The highest BCUT2D eigenvalue weighted by molar-refractivity contribution is 6.30. The van der Waals surface area contributed by atoms with Crippen LogP contribution in [-0.2, 0) is 6.42 Å². The summed E-state index contributed by atoms with van der Waals surface area (Å²) < 4.78 is 14.2. The van der Waals surface area contributed by atoms with Crippen LogP contribution in [0, 0.1) is 5.82 Å². The van der Waals surface area contributed by atoms with Gasteiger partial charge in [-0.2, -0.15) is 0 Å². The third-order valence-electron chi connectivity index (χ3n) is 4.91. The second kappa shape index (κ2) is 7.46. The molecule has 122 valence electrons. The van der Waals surface area contributed by atoms with E-state index in [1.807, 2.05) is 24.3 Å². The second-order valence-corrected chi connectivity index (χ2v) is 6.85. The number of halogens is 2. The number of piperidine rings is 1. The zero-order valence-electron chi connectivity index (χ0n) is 13.5. The second-order valence-electron chi connectivity index (χ2n) is 6.42. The zero-order valence-corrected chi connectivity index (χ0v) is 14.3. The van der Waals surface area contributed by atoms with E-state index in [-0.39, 0.29) is 11.9 Å². The standard InChI is InChI=1S/C20H23ClFN/c1-15(19-7-2-3-8-20(19)22)23-13-5-4-6-18(23)14-16-9-11-17(21)12-10-16/h2-3,7-12,15,18H,4-6,13-14H2,1H3. The van der Waals surface area contributed by atoms with Crippen molar-refractivity contribution in [3.63, 3.8) is 0 Å². The van der Waals surface area contributed by atoms with Crippen molar-refractivity contribution < 1.29 is 4.39 Å². The lowest BCUT2D eigenvalue weighted by molar-refractivity contribution is 0.101. The van der Waals surface area contributed by atoms with E-state index in [1.54, 1.807) is 12.1 Å².